The van der Waals surface area contributed by atoms with Crippen molar-refractivity contribution in [3.05, 3.63) is 0 Å². The van der Waals surface area contributed by atoms with Gasteiger partial charge in [0.25, 0.3) is 0 Å². The Hall–Kier alpha value is -0.570. The summed E-state index contributed by atoms with van der Waals surface area (Å²) in [7, 11) is 0. The highest BCUT2D eigenvalue weighted by Gasteiger charge is 2.16. The first kappa shape index (κ1) is 13.5. The first-order valence-electron chi connectivity index (χ1n) is 6.45. The van der Waals surface area contributed by atoms with Crippen molar-refractivity contribution in [1.29, 1.82) is 0 Å². The van der Waals surface area contributed by atoms with E-state index in [0.717, 1.165) is 32.5 Å². The summed E-state index contributed by atoms with van der Waals surface area (Å²) in [6, 6.07) is 0. The maximum atomic E-state index is 11.6. The Bertz CT molecular complexity index is 214. The van der Waals surface area contributed by atoms with Gasteiger partial charge in [0.15, 0.2) is 0 Å². The van der Waals surface area contributed by atoms with E-state index in [2.05, 4.69) is 31.4 Å². The highest BCUT2D eigenvalue weighted by molar-refractivity contribution is 5.75. The zero-order valence-electron chi connectivity index (χ0n) is 10.9. The van der Waals surface area contributed by atoms with Gasteiger partial charge in [0.2, 0.25) is 5.91 Å². The molecule has 1 atom stereocenters. The van der Waals surface area contributed by atoms with E-state index in [-0.39, 0.29) is 5.91 Å². The maximum Gasteiger partial charge on any atom is 0.220 e. The van der Waals surface area contributed by atoms with Crippen molar-refractivity contribution in [1.82, 2.24) is 10.6 Å². The van der Waals surface area contributed by atoms with Gasteiger partial charge < -0.3 is 10.6 Å². The number of carbonyl (C=O) groups is 1. The number of hydrogen-bond donors (Lipinski definition) is 2. The average Bonchev–Trinajstić information content (AvgIpc) is 2.65. The van der Waals surface area contributed by atoms with E-state index in [1.807, 2.05) is 0 Å². The first-order chi connectivity index (χ1) is 7.47. The molecule has 1 rings (SSSR count). The lowest BCUT2D eigenvalue weighted by atomic mass is 9.92. The van der Waals surface area contributed by atoms with Crippen LogP contribution in [-0.2, 0) is 4.79 Å². The van der Waals surface area contributed by atoms with Crippen LogP contribution in [0.4, 0.5) is 0 Å². The van der Waals surface area contributed by atoms with Crippen molar-refractivity contribution in [2.45, 2.75) is 46.5 Å². The third-order valence-electron chi connectivity index (χ3n) is 3.14. The lowest BCUT2D eigenvalue weighted by Crippen LogP contribution is -2.27. The predicted molar refractivity (Wildman–Crippen MR) is 67.3 cm³/mol. The lowest BCUT2D eigenvalue weighted by Gasteiger charge is -2.18. The smallest absolute Gasteiger partial charge is 0.220 e. The minimum Gasteiger partial charge on any atom is -0.356 e. The van der Waals surface area contributed by atoms with Crippen molar-refractivity contribution >= 4 is 5.91 Å². The molecule has 1 aliphatic rings. The minimum absolute atomic E-state index is 0.219. The van der Waals surface area contributed by atoms with E-state index >= 15 is 0 Å². The molecule has 1 fully saturated rings. The fraction of sp³-hybridized carbons (Fsp3) is 0.923. The van der Waals surface area contributed by atoms with Crippen LogP contribution in [0.1, 0.15) is 46.5 Å². The van der Waals surface area contributed by atoms with E-state index in [1.54, 1.807) is 0 Å². The monoisotopic (exact) mass is 226 g/mol. The second-order valence-corrected chi connectivity index (χ2v) is 6.06. The largest absolute Gasteiger partial charge is 0.356 e. The fourth-order valence-corrected chi connectivity index (χ4v) is 1.96. The summed E-state index contributed by atoms with van der Waals surface area (Å²) in [5.74, 6) is 0.935. The molecule has 0 saturated carbocycles. The standard InChI is InChI=1S/C13H26N2O/c1-13(2,3)7-9-15-12(16)5-4-11-6-8-14-10-11/h11,14H,4-10H2,1-3H3,(H,15,16). The molecule has 0 bridgehead atoms. The number of carbonyl (C=O) groups excluding carboxylic acids is 1. The quantitative estimate of drug-likeness (QED) is 0.752. The summed E-state index contributed by atoms with van der Waals surface area (Å²) in [6.07, 6.45) is 4.00. The van der Waals surface area contributed by atoms with Gasteiger partial charge in [0, 0.05) is 13.0 Å². The second-order valence-electron chi connectivity index (χ2n) is 6.06. The summed E-state index contributed by atoms with van der Waals surface area (Å²) >= 11 is 0. The summed E-state index contributed by atoms with van der Waals surface area (Å²) in [6.45, 7) is 9.62. The van der Waals surface area contributed by atoms with Crippen LogP contribution in [0.25, 0.3) is 0 Å². The van der Waals surface area contributed by atoms with Gasteiger partial charge in [-0.2, -0.15) is 0 Å². The molecule has 2 N–H and O–H groups in total. The molecule has 0 aliphatic carbocycles. The van der Waals surface area contributed by atoms with Crippen LogP contribution in [0.5, 0.6) is 0 Å². The molecular formula is C13H26N2O. The number of amides is 1. The number of hydrogen-bond acceptors (Lipinski definition) is 2. The molecule has 1 saturated heterocycles. The SMILES string of the molecule is CC(C)(C)CCNC(=O)CCC1CCNC1. The Labute approximate surface area is 99.4 Å². The maximum absolute atomic E-state index is 11.6. The topological polar surface area (TPSA) is 41.1 Å². The summed E-state index contributed by atoms with van der Waals surface area (Å²) in [5.41, 5.74) is 0.308. The van der Waals surface area contributed by atoms with Crippen LogP contribution in [0.15, 0.2) is 0 Å². The Kier molecular flexibility index (Phi) is 5.26. The molecule has 16 heavy (non-hydrogen) atoms. The van der Waals surface area contributed by atoms with E-state index < -0.39 is 0 Å². The Balaban J connectivity index is 2.02. The zero-order chi connectivity index (χ0) is 12.0. The van der Waals surface area contributed by atoms with Gasteiger partial charge in [-0.1, -0.05) is 20.8 Å². The molecular weight excluding hydrogens is 200 g/mol. The summed E-state index contributed by atoms with van der Waals surface area (Å²) < 4.78 is 0. The van der Waals surface area contributed by atoms with Gasteiger partial charge in [-0.05, 0) is 43.7 Å². The van der Waals surface area contributed by atoms with Gasteiger partial charge in [-0.15, -0.1) is 0 Å². The predicted octanol–water partition coefficient (Wildman–Crippen LogP) is 1.93. The summed E-state index contributed by atoms with van der Waals surface area (Å²) in [4.78, 5) is 11.6. The van der Waals surface area contributed by atoms with E-state index in [9.17, 15) is 4.79 Å². The average molecular weight is 226 g/mol. The van der Waals surface area contributed by atoms with Crippen LogP contribution in [0.3, 0.4) is 0 Å². The second kappa shape index (κ2) is 6.24. The number of rotatable bonds is 5. The van der Waals surface area contributed by atoms with Gasteiger partial charge in [0.05, 0.1) is 0 Å². The Morgan fingerprint density at radius 1 is 1.44 bits per heavy atom. The third-order valence-corrected chi connectivity index (χ3v) is 3.14. The van der Waals surface area contributed by atoms with Gasteiger partial charge in [-0.3, -0.25) is 4.79 Å². The Morgan fingerprint density at radius 2 is 2.19 bits per heavy atom. The van der Waals surface area contributed by atoms with Gasteiger partial charge in [-0.25, -0.2) is 0 Å². The van der Waals surface area contributed by atoms with Crippen LogP contribution in [0, 0.1) is 11.3 Å². The van der Waals surface area contributed by atoms with Crippen molar-refractivity contribution in [3.63, 3.8) is 0 Å². The molecule has 0 spiro atoms. The zero-order valence-corrected chi connectivity index (χ0v) is 10.9. The summed E-state index contributed by atoms with van der Waals surface area (Å²) in [5, 5.41) is 6.33. The molecule has 94 valence electrons. The molecule has 0 radical (unpaired) electrons. The van der Waals surface area contributed by atoms with E-state index in [4.69, 9.17) is 0 Å². The molecule has 1 unspecified atom stereocenters. The van der Waals surface area contributed by atoms with Crippen molar-refractivity contribution in [2.24, 2.45) is 11.3 Å². The molecule has 3 nitrogen and oxygen atoms in total. The molecule has 0 aromatic rings. The first-order valence-corrected chi connectivity index (χ1v) is 6.45. The molecule has 0 aromatic heterocycles. The fourth-order valence-electron chi connectivity index (χ4n) is 1.96. The molecule has 1 aliphatic heterocycles. The van der Waals surface area contributed by atoms with Crippen LogP contribution >= 0.6 is 0 Å². The van der Waals surface area contributed by atoms with E-state index in [1.165, 1.54) is 6.42 Å². The van der Waals surface area contributed by atoms with Gasteiger partial charge in [0.1, 0.15) is 0 Å². The van der Waals surface area contributed by atoms with Crippen molar-refractivity contribution in [3.8, 4) is 0 Å². The van der Waals surface area contributed by atoms with E-state index in [0.29, 0.717) is 17.8 Å². The van der Waals surface area contributed by atoms with Crippen molar-refractivity contribution < 1.29 is 4.79 Å². The highest BCUT2D eigenvalue weighted by Crippen LogP contribution is 2.17. The van der Waals surface area contributed by atoms with Crippen LogP contribution in [0.2, 0.25) is 0 Å². The normalized spacial score (nSPS) is 21.1. The van der Waals surface area contributed by atoms with Crippen LogP contribution in [-0.4, -0.2) is 25.5 Å². The minimum atomic E-state index is 0.219. The van der Waals surface area contributed by atoms with Crippen LogP contribution < -0.4 is 10.6 Å². The lowest BCUT2D eigenvalue weighted by molar-refractivity contribution is -0.121. The highest BCUT2D eigenvalue weighted by atomic mass is 16.1. The van der Waals surface area contributed by atoms with Crippen molar-refractivity contribution in [2.75, 3.05) is 19.6 Å². The Morgan fingerprint density at radius 3 is 2.75 bits per heavy atom. The molecule has 1 heterocycles. The number of nitrogens with one attached hydrogen (secondary N) is 2. The third kappa shape index (κ3) is 6.11. The van der Waals surface area contributed by atoms with Gasteiger partial charge >= 0.3 is 0 Å². The molecule has 0 aromatic carbocycles. The molecule has 3 heteroatoms. The molecule has 1 amide bonds.